The Morgan fingerprint density at radius 1 is 0.920 bits per heavy atom. The molecule has 0 radical (unpaired) electrons. The molecule has 0 amide bonds. The molecule has 0 aliphatic rings. The Labute approximate surface area is 149 Å². The van der Waals surface area contributed by atoms with Crippen LogP contribution in [0.3, 0.4) is 0 Å². The van der Waals surface area contributed by atoms with Crippen LogP contribution in [0.15, 0.2) is 42.5 Å². The zero-order valence-corrected chi connectivity index (χ0v) is 15.5. The lowest BCUT2D eigenvalue weighted by Gasteiger charge is -2.24. The van der Waals surface area contributed by atoms with E-state index in [0.29, 0.717) is 23.7 Å². The van der Waals surface area contributed by atoms with Crippen molar-refractivity contribution < 1.29 is 19.0 Å². The Kier molecular flexibility index (Phi) is 6.45. The minimum absolute atomic E-state index is 0.0264. The quantitative estimate of drug-likeness (QED) is 0.710. The number of carbonyl (C=O) groups excluding carboxylic acids is 1. The zero-order valence-electron chi connectivity index (χ0n) is 15.5. The highest BCUT2D eigenvalue weighted by atomic mass is 16.5. The molecule has 0 N–H and O–H groups in total. The largest absolute Gasteiger partial charge is 0.496 e. The molecule has 0 fully saturated rings. The van der Waals surface area contributed by atoms with Gasteiger partial charge in [0, 0.05) is 36.0 Å². The highest BCUT2D eigenvalue weighted by molar-refractivity contribution is 5.82. The van der Waals surface area contributed by atoms with Crippen molar-refractivity contribution in [2.75, 3.05) is 21.3 Å². The van der Waals surface area contributed by atoms with Crippen molar-refractivity contribution in [1.29, 1.82) is 0 Å². The van der Waals surface area contributed by atoms with Crippen LogP contribution in [0.4, 0.5) is 0 Å². The molecule has 1 unspecified atom stereocenters. The van der Waals surface area contributed by atoms with Gasteiger partial charge in [-0.15, -0.1) is 0 Å². The third-order valence-corrected chi connectivity index (χ3v) is 4.35. The van der Waals surface area contributed by atoms with Gasteiger partial charge in [0.05, 0.1) is 21.3 Å². The standard InChI is InChI=1S/C21H26O4/c1-14(2)18(22)13-17(15-9-7-6-8-10-15)21-19(24-4)11-16(23-3)12-20(21)25-5/h6-12,14,17H,13H2,1-5H3. The summed E-state index contributed by atoms with van der Waals surface area (Å²) in [5.41, 5.74) is 1.92. The molecule has 0 aliphatic heterocycles. The van der Waals surface area contributed by atoms with Crippen LogP contribution in [-0.4, -0.2) is 27.1 Å². The maximum Gasteiger partial charge on any atom is 0.136 e. The fraction of sp³-hybridized carbons (Fsp3) is 0.381. The predicted molar refractivity (Wildman–Crippen MR) is 98.8 cm³/mol. The summed E-state index contributed by atoms with van der Waals surface area (Å²) in [6, 6.07) is 13.6. The molecule has 134 valence electrons. The van der Waals surface area contributed by atoms with Crippen LogP contribution >= 0.6 is 0 Å². The molecule has 2 aromatic rings. The van der Waals surface area contributed by atoms with E-state index in [1.165, 1.54) is 0 Å². The average Bonchev–Trinajstić information content (AvgIpc) is 2.65. The molecular formula is C21H26O4. The molecule has 0 saturated heterocycles. The molecule has 0 heterocycles. The second-order valence-corrected chi connectivity index (χ2v) is 6.23. The Morgan fingerprint density at radius 3 is 1.92 bits per heavy atom. The number of methoxy groups -OCH3 is 3. The molecule has 4 nitrogen and oxygen atoms in total. The van der Waals surface area contributed by atoms with E-state index in [9.17, 15) is 4.79 Å². The number of hydrogen-bond donors (Lipinski definition) is 0. The Hall–Kier alpha value is -2.49. The van der Waals surface area contributed by atoms with E-state index in [4.69, 9.17) is 14.2 Å². The van der Waals surface area contributed by atoms with E-state index >= 15 is 0 Å². The average molecular weight is 342 g/mol. The predicted octanol–water partition coefficient (Wildman–Crippen LogP) is 4.46. The number of ketones is 1. The minimum atomic E-state index is -0.146. The molecule has 2 rings (SSSR count). The molecule has 0 saturated carbocycles. The van der Waals surface area contributed by atoms with Crippen molar-refractivity contribution in [1.82, 2.24) is 0 Å². The third kappa shape index (κ3) is 4.32. The van der Waals surface area contributed by atoms with Gasteiger partial charge in [-0.25, -0.2) is 0 Å². The molecule has 2 aromatic carbocycles. The fourth-order valence-electron chi connectivity index (χ4n) is 2.88. The summed E-state index contributed by atoms with van der Waals surface area (Å²) in [5, 5.41) is 0. The smallest absolute Gasteiger partial charge is 0.136 e. The Bertz CT molecular complexity index is 682. The van der Waals surface area contributed by atoms with E-state index in [0.717, 1.165) is 11.1 Å². The van der Waals surface area contributed by atoms with Gasteiger partial charge in [0.15, 0.2) is 0 Å². The molecular weight excluding hydrogens is 316 g/mol. The van der Waals surface area contributed by atoms with E-state index in [1.807, 2.05) is 56.3 Å². The number of rotatable bonds is 8. The number of benzene rings is 2. The minimum Gasteiger partial charge on any atom is -0.496 e. The van der Waals surface area contributed by atoms with Gasteiger partial charge >= 0.3 is 0 Å². The second kappa shape index (κ2) is 8.56. The summed E-state index contributed by atoms with van der Waals surface area (Å²) in [6.07, 6.45) is 0.390. The van der Waals surface area contributed by atoms with E-state index < -0.39 is 0 Å². The van der Waals surface area contributed by atoms with Crippen LogP contribution in [0.5, 0.6) is 17.2 Å². The van der Waals surface area contributed by atoms with Crippen molar-refractivity contribution in [3.63, 3.8) is 0 Å². The Balaban J connectivity index is 2.62. The molecule has 0 spiro atoms. The van der Waals surface area contributed by atoms with Crippen molar-refractivity contribution in [3.8, 4) is 17.2 Å². The van der Waals surface area contributed by atoms with Gasteiger partial charge in [-0.2, -0.15) is 0 Å². The summed E-state index contributed by atoms with van der Waals surface area (Å²) in [7, 11) is 4.83. The van der Waals surface area contributed by atoms with Crippen molar-refractivity contribution in [3.05, 3.63) is 53.6 Å². The molecule has 1 atom stereocenters. The van der Waals surface area contributed by atoms with E-state index in [2.05, 4.69) is 0 Å². The topological polar surface area (TPSA) is 44.8 Å². The Morgan fingerprint density at radius 2 is 1.48 bits per heavy atom. The lowest BCUT2D eigenvalue weighted by Crippen LogP contribution is -2.15. The summed E-state index contributed by atoms with van der Waals surface area (Å²) in [5.74, 6) is 1.99. The number of carbonyl (C=O) groups is 1. The summed E-state index contributed by atoms with van der Waals surface area (Å²) >= 11 is 0. The maximum absolute atomic E-state index is 12.5. The van der Waals surface area contributed by atoms with Crippen LogP contribution in [-0.2, 0) is 4.79 Å². The lowest BCUT2D eigenvalue weighted by atomic mass is 9.84. The first kappa shape index (κ1) is 18.8. The van der Waals surface area contributed by atoms with Crippen LogP contribution in [0.2, 0.25) is 0 Å². The van der Waals surface area contributed by atoms with E-state index in [-0.39, 0.29) is 17.6 Å². The molecule has 4 heteroatoms. The van der Waals surface area contributed by atoms with Gasteiger partial charge in [-0.05, 0) is 5.56 Å². The van der Waals surface area contributed by atoms with Crippen LogP contribution in [0.1, 0.15) is 37.3 Å². The molecule has 0 aliphatic carbocycles. The number of ether oxygens (including phenoxy) is 3. The fourth-order valence-corrected chi connectivity index (χ4v) is 2.88. The lowest BCUT2D eigenvalue weighted by molar-refractivity contribution is -0.122. The molecule has 25 heavy (non-hydrogen) atoms. The summed E-state index contributed by atoms with van der Waals surface area (Å²) in [4.78, 5) is 12.5. The van der Waals surface area contributed by atoms with Crippen LogP contribution < -0.4 is 14.2 Å². The number of hydrogen-bond acceptors (Lipinski definition) is 4. The normalized spacial score (nSPS) is 11.9. The first-order chi connectivity index (χ1) is 12.0. The van der Waals surface area contributed by atoms with Gasteiger partial charge in [0.1, 0.15) is 23.0 Å². The van der Waals surface area contributed by atoms with Crippen molar-refractivity contribution >= 4 is 5.78 Å². The molecule has 0 aromatic heterocycles. The third-order valence-electron chi connectivity index (χ3n) is 4.35. The summed E-state index contributed by atoms with van der Waals surface area (Å²) < 4.78 is 16.5. The monoisotopic (exact) mass is 342 g/mol. The maximum atomic E-state index is 12.5. The van der Waals surface area contributed by atoms with Gasteiger partial charge in [0.2, 0.25) is 0 Å². The van der Waals surface area contributed by atoms with Crippen LogP contribution in [0, 0.1) is 5.92 Å². The highest BCUT2D eigenvalue weighted by Crippen LogP contribution is 2.43. The first-order valence-electron chi connectivity index (χ1n) is 8.39. The van der Waals surface area contributed by atoms with Gasteiger partial charge in [-0.1, -0.05) is 44.2 Å². The van der Waals surface area contributed by atoms with Crippen molar-refractivity contribution in [2.45, 2.75) is 26.2 Å². The second-order valence-electron chi connectivity index (χ2n) is 6.23. The van der Waals surface area contributed by atoms with Gasteiger partial charge < -0.3 is 14.2 Å². The van der Waals surface area contributed by atoms with E-state index in [1.54, 1.807) is 21.3 Å². The van der Waals surface area contributed by atoms with Crippen molar-refractivity contribution in [2.24, 2.45) is 5.92 Å². The number of Topliss-reactive ketones (excluding diaryl/α,β-unsaturated/α-hetero) is 1. The zero-order chi connectivity index (χ0) is 18.4. The van der Waals surface area contributed by atoms with Gasteiger partial charge in [0.25, 0.3) is 0 Å². The highest BCUT2D eigenvalue weighted by Gasteiger charge is 2.27. The van der Waals surface area contributed by atoms with Crippen LogP contribution in [0.25, 0.3) is 0 Å². The SMILES string of the molecule is COc1cc(OC)c(C(CC(=O)C(C)C)c2ccccc2)c(OC)c1. The summed E-state index contributed by atoms with van der Waals surface area (Å²) in [6.45, 7) is 3.85. The molecule has 0 bridgehead atoms. The first-order valence-corrected chi connectivity index (χ1v) is 8.39. The van der Waals surface area contributed by atoms with Gasteiger partial charge in [-0.3, -0.25) is 4.79 Å².